The molecule has 5 nitrogen and oxygen atoms in total. The number of hydrogen-bond acceptors (Lipinski definition) is 4. The van der Waals surface area contributed by atoms with Crippen molar-refractivity contribution in [2.45, 2.75) is 19.9 Å². The van der Waals surface area contributed by atoms with Crippen molar-refractivity contribution in [3.63, 3.8) is 0 Å². The minimum atomic E-state index is -0.743. The van der Waals surface area contributed by atoms with Gasteiger partial charge >= 0.3 is 0 Å². The number of nitrogens with zero attached hydrogens (tertiary/aromatic N) is 1. The van der Waals surface area contributed by atoms with Gasteiger partial charge < -0.3 is 9.84 Å². The number of hydrogen-bond donors (Lipinski definition) is 1. The fourth-order valence-electron chi connectivity index (χ4n) is 3.96. The van der Waals surface area contributed by atoms with E-state index in [0.717, 1.165) is 16.7 Å². The number of amides is 1. The number of ether oxygens (including phenoxy) is 1. The molecular formula is C26H23NO4. The lowest BCUT2D eigenvalue weighted by atomic mass is 9.94. The van der Waals surface area contributed by atoms with Crippen LogP contribution in [0.1, 0.15) is 28.3 Å². The largest absolute Gasteiger partial charge is 0.507 e. The third-order valence-electron chi connectivity index (χ3n) is 5.43. The minimum Gasteiger partial charge on any atom is -0.507 e. The first-order chi connectivity index (χ1) is 14.9. The van der Waals surface area contributed by atoms with Crippen LogP contribution in [-0.4, -0.2) is 23.9 Å². The molecule has 1 heterocycles. The molecule has 0 spiro atoms. The molecule has 0 saturated carbocycles. The Morgan fingerprint density at radius 1 is 0.903 bits per heavy atom. The molecule has 1 amide bonds. The number of aliphatic hydroxyl groups excluding tert-OH is 1. The van der Waals surface area contributed by atoms with Crippen molar-refractivity contribution < 1.29 is 19.4 Å². The van der Waals surface area contributed by atoms with E-state index in [2.05, 4.69) is 0 Å². The van der Waals surface area contributed by atoms with E-state index in [-0.39, 0.29) is 11.3 Å². The summed E-state index contributed by atoms with van der Waals surface area (Å²) in [5.41, 5.74) is 3.80. The minimum absolute atomic E-state index is 0.0605. The number of aryl methyl sites for hydroxylation is 2. The van der Waals surface area contributed by atoms with E-state index in [4.69, 9.17) is 4.74 Å². The van der Waals surface area contributed by atoms with E-state index in [0.29, 0.717) is 17.0 Å². The van der Waals surface area contributed by atoms with Crippen LogP contribution in [-0.2, 0) is 9.59 Å². The SMILES string of the molecule is COc1cccc(/C(O)=C2\C(=O)C(=O)N(c3cccc(C)c3)C2c2cccc(C)c2)c1. The van der Waals surface area contributed by atoms with Crippen LogP contribution in [0, 0.1) is 13.8 Å². The van der Waals surface area contributed by atoms with E-state index in [1.54, 1.807) is 30.3 Å². The molecule has 156 valence electrons. The van der Waals surface area contributed by atoms with Crippen LogP contribution in [0.25, 0.3) is 5.76 Å². The average molecular weight is 413 g/mol. The van der Waals surface area contributed by atoms with Crippen molar-refractivity contribution in [1.29, 1.82) is 0 Å². The van der Waals surface area contributed by atoms with Crippen molar-refractivity contribution in [2.75, 3.05) is 12.0 Å². The highest BCUT2D eigenvalue weighted by atomic mass is 16.5. The predicted molar refractivity (Wildman–Crippen MR) is 120 cm³/mol. The first kappa shape index (κ1) is 20.4. The molecule has 31 heavy (non-hydrogen) atoms. The fraction of sp³-hybridized carbons (Fsp3) is 0.154. The van der Waals surface area contributed by atoms with Crippen molar-refractivity contribution in [1.82, 2.24) is 0 Å². The Kier molecular flexibility index (Phi) is 5.34. The third-order valence-corrected chi connectivity index (χ3v) is 5.43. The number of carbonyl (C=O) groups is 2. The monoisotopic (exact) mass is 413 g/mol. The number of anilines is 1. The molecule has 0 bridgehead atoms. The number of Topliss-reactive ketones (excluding diaryl/α,β-unsaturated/α-hetero) is 1. The molecule has 0 radical (unpaired) electrons. The summed E-state index contributed by atoms with van der Waals surface area (Å²) in [7, 11) is 1.53. The van der Waals surface area contributed by atoms with Crippen LogP contribution in [0.3, 0.4) is 0 Å². The first-order valence-corrected chi connectivity index (χ1v) is 9.99. The topological polar surface area (TPSA) is 66.8 Å². The second-order valence-electron chi connectivity index (χ2n) is 7.65. The maximum absolute atomic E-state index is 13.2. The van der Waals surface area contributed by atoms with Gasteiger partial charge in [-0.25, -0.2) is 0 Å². The first-order valence-electron chi connectivity index (χ1n) is 9.99. The highest BCUT2D eigenvalue weighted by Gasteiger charge is 2.47. The van der Waals surface area contributed by atoms with Crippen molar-refractivity contribution in [3.05, 3.63) is 101 Å². The lowest BCUT2D eigenvalue weighted by Gasteiger charge is -2.26. The van der Waals surface area contributed by atoms with Gasteiger partial charge in [-0.2, -0.15) is 0 Å². The number of carbonyl (C=O) groups excluding carboxylic acids is 2. The van der Waals surface area contributed by atoms with Gasteiger partial charge in [-0.05, 0) is 49.2 Å². The van der Waals surface area contributed by atoms with Crippen LogP contribution in [0.5, 0.6) is 5.75 Å². The predicted octanol–water partition coefficient (Wildman–Crippen LogP) is 4.94. The Labute approximate surface area is 181 Å². The van der Waals surface area contributed by atoms with Crippen molar-refractivity contribution in [3.8, 4) is 5.75 Å². The summed E-state index contributed by atoms with van der Waals surface area (Å²) in [6, 6.07) is 21.1. The Bertz CT molecular complexity index is 1210. The molecule has 5 heteroatoms. The van der Waals surface area contributed by atoms with Gasteiger partial charge in [0.15, 0.2) is 0 Å². The molecule has 1 unspecified atom stereocenters. The van der Waals surface area contributed by atoms with E-state index < -0.39 is 17.7 Å². The van der Waals surface area contributed by atoms with Crippen LogP contribution in [0.15, 0.2) is 78.4 Å². The zero-order valence-electron chi connectivity index (χ0n) is 17.6. The molecule has 1 saturated heterocycles. The van der Waals surface area contributed by atoms with Gasteiger partial charge in [-0.15, -0.1) is 0 Å². The summed E-state index contributed by atoms with van der Waals surface area (Å²) in [6.45, 7) is 3.88. The summed E-state index contributed by atoms with van der Waals surface area (Å²) in [6.07, 6.45) is 0. The van der Waals surface area contributed by atoms with E-state index in [1.807, 2.05) is 56.3 Å². The summed E-state index contributed by atoms with van der Waals surface area (Å²) in [5.74, 6) is -1.06. The Morgan fingerprint density at radius 2 is 1.58 bits per heavy atom. The van der Waals surface area contributed by atoms with E-state index in [9.17, 15) is 14.7 Å². The quantitative estimate of drug-likeness (QED) is 0.374. The molecule has 1 aliphatic heterocycles. The molecule has 0 aromatic heterocycles. The number of methoxy groups -OCH3 is 1. The summed E-state index contributed by atoms with van der Waals surface area (Å²) < 4.78 is 5.25. The number of ketones is 1. The molecule has 1 aliphatic rings. The standard InChI is InChI=1S/C26H23NO4/c1-16-7-4-9-18(13-16)23-22(24(28)19-10-6-12-21(15-19)31-3)25(29)26(30)27(23)20-11-5-8-17(2)14-20/h4-15,23,28H,1-3H3/b24-22+. The van der Waals surface area contributed by atoms with Crippen LogP contribution >= 0.6 is 0 Å². The van der Waals surface area contributed by atoms with Gasteiger partial charge in [0.05, 0.1) is 18.7 Å². The zero-order valence-corrected chi connectivity index (χ0v) is 17.6. The molecule has 4 rings (SSSR count). The van der Waals surface area contributed by atoms with E-state index in [1.165, 1.54) is 12.0 Å². The summed E-state index contributed by atoms with van der Waals surface area (Å²) >= 11 is 0. The Hall–Kier alpha value is -3.86. The average Bonchev–Trinajstić information content (AvgIpc) is 3.04. The fourth-order valence-corrected chi connectivity index (χ4v) is 3.96. The highest BCUT2D eigenvalue weighted by molar-refractivity contribution is 6.51. The van der Waals surface area contributed by atoms with Gasteiger partial charge in [0.1, 0.15) is 11.5 Å². The smallest absolute Gasteiger partial charge is 0.300 e. The maximum Gasteiger partial charge on any atom is 0.300 e. The summed E-state index contributed by atoms with van der Waals surface area (Å²) in [5, 5.41) is 11.2. The molecular weight excluding hydrogens is 390 g/mol. The van der Waals surface area contributed by atoms with Crippen LogP contribution < -0.4 is 9.64 Å². The normalized spacial score (nSPS) is 17.8. The second kappa shape index (κ2) is 8.11. The molecule has 3 aromatic rings. The van der Waals surface area contributed by atoms with Gasteiger partial charge in [-0.3, -0.25) is 14.5 Å². The van der Waals surface area contributed by atoms with Crippen LogP contribution in [0.2, 0.25) is 0 Å². The lowest BCUT2D eigenvalue weighted by Crippen LogP contribution is -2.29. The lowest BCUT2D eigenvalue weighted by molar-refractivity contribution is -0.132. The maximum atomic E-state index is 13.2. The van der Waals surface area contributed by atoms with Crippen LogP contribution in [0.4, 0.5) is 5.69 Å². The number of aliphatic hydroxyl groups is 1. The van der Waals surface area contributed by atoms with Gasteiger partial charge in [0.25, 0.3) is 11.7 Å². The molecule has 1 atom stereocenters. The molecule has 1 N–H and O–H groups in total. The number of benzene rings is 3. The Balaban J connectivity index is 1.96. The third kappa shape index (κ3) is 3.70. The molecule has 0 aliphatic carbocycles. The van der Waals surface area contributed by atoms with Crippen molar-refractivity contribution >= 4 is 23.1 Å². The molecule has 1 fully saturated rings. The van der Waals surface area contributed by atoms with Gasteiger partial charge in [-0.1, -0.05) is 54.1 Å². The molecule has 3 aromatic carbocycles. The van der Waals surface area contributed by atoms with Crippen molar-refractivity contribution in [2.24, 2.45) is 0 Å². The van der Waals surface area contributed by atoms with Gasteiger partial charge in [0, 0.05) is 11.3 Å². The zero-order chi connectivity index (χ0) is 22.1. The Morgan fingerprint density at radius 3 is 2.26 bits per heavy atom. The van der Waals surface area contributed by atoms with Gasteiger partial charge in [0.2, 0.25) is 0 Å². The number of rotatable bonds is 4. The second-order valence-corrected chi connectivity index (χ2v) is 7.65. The summed E-state index contributed by atoms with van der Waals surface area (Å²) in [4.78, 5) is 27.8. The highest BCUT2D eigenvalue weighted by Crippen LogP contribution is 2.42. The van der Waals surface area contributed by atoms with E-state index >= 15 is 0 Å².